The Morgan fingerprint density at radius 3 is 2.94 bits per heavy atom. The number of aromatic amines is 1. The number of aromatic nitrogens is 2. The van der Waals surface area contributed by atoms with Crippen LogP contribution in [0.4, 0.5) is 11.5 Å². The molecule has 0 aliphatic heterocycles. The Morgan fingerprint density at radius 1 is 1.39 bits per heavy atom. The van der Waals surface area contributed by atoms with Crippen LogP contribution in [0.1, 0.15) is 11.1 Å². The summed E-state index contributed by atoms with van der Waals surface area (Å²) < 4.78 is 0. The topological polar surface area (TPSA) is 104 Å². The molecule has 6 nitrogen and oxygen atoms in total. The largest absolute Gasteiger partial charge is 0.392 e. The molecule has 0 atom stereocenters. The van der Waals surface area contributed by atoms with Crippen LogP contribution >= 0.6 is 0 Å². The lowest BCUT2D eigenvalue weighted by Gasteiger charge is -2.08. The smallest absolute Gasteiger partial charge is 0.276 e. The first kappa shape index (κ1) is 12.1. The predicted molar refractivity (Wildman–Crippen MR) is 69.0 cm³/mol. The molecule has 0 amide bonds. The molecule has 0 bridgehead atoms. The van der Waals surface area contributed by atoms with Gasteiger partial charge in [-0.1, -0.05) is 24.3 Å². The van der Waals surface area contributed by atoms with E-state index >= 15 is 0 Å². The number of hydrogen-bond donors (Lipinski definition) is 4. The van der Waals surface area contributed by atoms with Crippen LogP contribution in [0.15, 0.2) is 35.4 Å². The standard InChI is InChI=1S/C12H14N4O2/c13-10-11(15-7-16-12(10)18)14-5-8-2-1-3-9(4-8)6-17/h1-4,7,17H,5-6,13H2,(H2,14,15,16,18). The minimum atomic E-state index is -0.364. The molecule has 18 heavy (non-hydrogen) atoms. The van der Waals surface area contributed by atoms with E-state index in [1.54, 1.807) is 0 Å². The molecule has 1 aromatic carbocycles. The maximum absolute atomic E-state index is 11.3. The molecule has 94 valence electrons. The number of rotatable bonds is 4. The number of anilines is 2. The molecular formula is C12H14N4O2. The molecular weight excluding hydrogens is 232 g/mol. The summed E-state index contributed by atoms with van der Waals surface area (Å²) >= 11 is 0. The fourth-order valence-electron chi connectivity index (χ4n) is 1.57. The lowest BCUT2D eigenvalue weighted by molar-refractivity contribution is 0.281. The summed E-state index contributed by atoms with van der Waals surface area (Å²) in [5.74, 6) is 0.355. The van der Waals surface area contributed by atoms with Crippen LogP contribution < -0.4 is 16.6 Å². The van der Waals surface area contributed by atoms with Crippen LogP contribution in [0.5, 0.6) is 0 Å². The van der Waals surface area contributed by atoms with Gasteiger partial charge in [-0.15, -0.1) is 0 Å². The van der Waals surface area contributed by atoms with Gasteiger partial charge in [-0.25, -0.2) is 4.98 Å². The molecule has 0 radical (unpaired) electrons. The third-order valence-corrected chi connectivity index (χ3v) is 2.52. The number of nitrogen functional groups attached to an aromatic ring is 1. The summed E-state index contributed by atoms with van der Waals surface area (Å²) in [4.78, 5) is 17.6. The second-order valence-electron chi connectivity index (χ2n) is 3.83. The molecule has 0 aliphatic carbocycles. The van der Waals surface area contributed by atoms with Crippen LogP contribution in [0, 0.1) is 0 Å². The summed E-state index contributed by atoms with van der Waals surface area (Å²) in [6.45, 7) is 0.480. The first-order valence-corrected chi connectivity index (χ1v) is 5.46. The average Bonchev–Trinajstić information content (AvgIpc) is 2.41. The van der Waals surface area contributed by atoms with Gasteiger partial charge < -0.3 is 21.1 Å². The highest BCUT2D eigenvalue weighted by molar-refractivity contribution is 5.59. The Kier molecular flexibility index (Phi) is 3.59. The predicted octanol–water partition coefficient (Wildman–Crippen LogP) is 0.457. The molecule has 0 fully saturated rings. The molecule has 0 saturated heterocycles. The van der Waals surface area contributed by atoms with E-state index in [0.29, 0.717) is 12.4 Å². The first-order valence-electron chi connectivity index (χ1n) is 5.46. The zero-order valence-electron chi connectivity index (χ0n) is 9.68. The number of aliphatic hydroxyl groups excluding tert-OH is 1. The lowest BCUT2D eigenvalue weighted by atomic mass is 10.1. The second kappa shape index (κ2) is 5.33. The van der Waals surface area contributed by atoms with Crippen LogP contribution in [0.25, 0.3) is 0 Å². The van der Waals surface area contributed by atoms with Gasteiger partial charge in [0.2, 0.25) is 0 Å². The number of nitrogens with one attached hydrogen (secondary N) is 2. The lowest BCUT2D eigenvalue weighted by Crippen LogP contribution is -2.16. The first-order chi connectivity index (χ1) is 8.70. The fraction of sp³-hybridized carbons (Fsp3) is 0.167. The van der Waals surface area contributed by atoms with Crippen LogP contribution in [0.2, 0.25) is 0 Å². The van der Waals surface area contributed by atoms with Crippen molar-refractivity contribution in [3.63, 3.8) is 0 Å². The molecule has 2 aromatic rings. The molecule has 0 aliphatic rings. The maximum atomic E-state index is 11.3. The van der Waals surface area contributed by atoms with Crippen LogP contribution in [-0.4, -0.2) is 15.1 Å². The SMILES string of the molecule is Nc1c(NCc2cccc(CO)c2)nc[nH]c1=O. The summed E-state index contributed by atoms with van der Waals surface area (Å²) in [6, 6.07) is 7.48. The molecule has 6 heteroatoms. The number of H-pyrrole nitrogens is 1. The van der Waals surface area contributed by atoms with E-state index < -0.39 is 0 Å². The van der Waals surface area contributed by atoms with E-state index in [2.05, 4.69) is 15.3 Å². The highest BCUT2D eigenvalue weighted by Gasteiger charge is 2.03. The minimum absolute atomic E-state index is 0.000760. The van der Waals surface area contributed by atoms with Gasteiger partial charge in [0.25, 0.3) is 5.56 Å². The van der Waals surface area contributed by atoms with Crippen LogP contribution in [0.3, 0.4) is 0 Å². The Balaban J connectivity index is 2.11. The van der Waals surface area contributed by atoms with Crippen molar-refractivity contribution in [2.45, 2.75) is 13.2 Å². The van der Waals surface area contributed by atoms with Gasteiger partial charge in [0, 0.05) is 6.54 Å². The number of hydrogen-bond acceptors (Lipinski definition) is 5. The Morgan fingerprint density at radius 2 is 2.17 bits per heavy atom. The van der Waals surface area contributed by atoms with Crippen molar-refractivity contribution in [2.75, 3.05) is 11.1 Å². The zero-order chi connectivity index (χ0) is 13.0. The highest BCUT2D eigenvalue weighted by Crippen LogP contribution is 2.11. The van der Waals surface area contributed by atoms with Gasteiger partial charge in [0.05, 0.1) is 12.9 Å². The van der Waals surface area contributed by atoms with Gasteiger partial charge >= 0.3 is 0 Å². The van der Waals surface area contributed by atoms with E-state index in [4.69, 9.17) is 10.8 Å². The van der Waals surface area contributed by atoms with E-state index in [-0.39, 0.29) is 17.9 Å². The monoisotopic (exact) mass is 246 g/mol. The van der Waals surface area contributed by atoms with E-state index in [0.717, 1.165) is 11.1 Å². The molecule has 1 aromatic heterocycles. The van der Waals surface area contributed by atoms with Crippen molar-refractivity contribution >= 4 is 11.5 Å². The highest BCUT2D eigenvalue weighted by atomic mass is 16.3. The molecule has 0 saturated carbocycles. The van der Waals surface area contributed by atoms with Crippen molar-refractivity contribution in [3.05, 3.63) is 52.1 Å². The van der Waals surface area contributed by atoms with Crippen molar-refractivity contribution < 1.29 is 5.11 Å². The average molecular weight is 246 g/mol. The van der Waals surface area contributed by atoms with Gasteiger partial charge in [-0.05, 0) is 11.1 Å². The molecule has 0 unspecified atom stereocenters. The van der Waals surface area contributed by atoms with E-state index in [9.17, 15) is 4.79 Å². The van der Waals surface area contributed by atoms with Crippen molar-refractivity contribution in [3.8, 4) is 0 Å². The molecule has 2 rings (SSSR count). The summed E-state index contributed by atoms with van der Waals surface area (Å²) in [5.41, 5.74) is 7.10. The van der Waals surface area contributed by atoms with Crippen molar-refractivity contribution in [1.82, 2.24) is 9.97 Å². The Labute approximate surface area is 104 Å². The number of aliphatic hydroxyl groups is 1. The summed E-state index contributed by atoms with van der Waals surface area (Å²) in [6.07, 6.45) is 1.30. The molecule has 1 heterocycles. The maximum Gasteiger partial charge on any atom is 0.276 e. The summed E-state index contributed by atoms with van der Waals surface area (Å²) in [7, 11) is 0. The number of benzene rings is 1. The van der Waals surface area contributed by atoms with Gasteiger partial charge in [0.1, 0.15) is 5.69 Å². The molecule has 5 N–H and O–H groups in total. The van der Waals surface area contributed by atoms with Crippen molar-refractivity contribution in [1.29, 1.82) is 0 Å². The fourth-order valence-corrected chi connectivity index (χ4v) is 1.57. The van der Waals surface area contributed by atoms with Gasteiger partial charge in [0.15, 0.2) is 5.82 Å². The minimum Gasteiger partial charge on any atom is -0.392 e. The van der Waals surface area contributed by atoms with E-state index in [1.165, 1.54) is 6.33 Å². The van der Waals surface area contributed by atoms with E-state index in [1.807, 2.05) is 24.3 Å². The van der Waals surface area contributed by atoms with Crippen molar-refractivity contribution in [2.24, 2.45) is 0 Å². The van der Waals surface area contributed by atoms with Gasteiger partial charge in [-0.3, -0.25) is 4.79 Å². The third kappa shape index (κ3) is 2.67. The van der Waals surface area contributed by atoms with Crippen LogP contribution in [-0.2, 0) is 13.2 Å². The normalized spacial score (nSPS) is 10.3. The van der Waals surface area contributed by atoms with Gasteiger partial charge in [-0.2, -0.15) is 0 Å². The summed E-state index contributed by atoms with van der Waals surface area (Å²) in [5, 5.41) is 12.0. The zero-order valence-corrected chi connectivity index (χ0v) is 9.68. The number of nitrogens with two attached hydrogens (primary N) is 1. The third-order valence-electron chi connectivity index (χ3n) is 2.52. The second-order valence-corrected chi connectivity index (χ2v) is 3.83. The molecule has 0 spiro atoms. The Hall–Kier alpha value is -2.34. The number of nitrogens with zero attached hydrogens (tertiary/aromatic N) is 1. The quantitative estimate of drug-likeness (QED) is 0.627. The Bertz CT molecular complexity index is 595.